The molecule has 0 aliphatic carbocycles. The zero-order valence-corrected chi connectivity index (χ0v) is 18.2. The van der Waals surface area contributed by atoms with Crippen LogP contribution < -0.4 is 18.9 Å². The topological polar surface area (TPSA) is 77.5 Å². The molecule has 1 saturated heterocycles. The van der Waals surface area contributed by atoms with Gasteiger partial charge < -0.3 is 28.7 Å². The predicted octanol–water partition coefficient (Wildman–Crippen LogP) is 2.60. The Morgan fingerprint density at radius 2 is 1.03 bits per heavy atom. The van der Waals surface area contributed by atoms with Gasteiger partial charge in [0.1, 0.15) is 26.4 Å². The number of ether oxygens (including phenoxy) is 4. The van der Waals surface area contributed by atoms with Crippen molar-refractivity contribution in [2.45, 2.75) is 25.9 Å². The molecule has 1 fully saturated rings. The van der Waals surface area contributed by atoms with Crippen LogP contribution in [-0.4, -0.2) is 73.2 Å². The first-order valence-electron chi connectivity index (χ1n) is 10.9. The Balaban J connectivity index is 1.31. The van der Waals surface area contributed by atoms with Gasteiger partial charge in [-0.05, 0) is 50.2 Å². The van der Waals surface area contributed by atoms with E-state index in [0.29, 0.717) is 73.6 Å². The van der Waals surface area contributed by atoms with Gasteiger partial charge in [0.25, 0.3) is 11.8 Å². The van der Waals surface area contributed by atoms with Crippen LogP contribution in [0.5, 0.6) is 23.0 Å². The van der Waals surface area contributed by atoms with Crippen molar-refractivity contribution in [3.63, 3.8) is 0 Å². The number of hydrogen-bond acceptors (Lipinski definition) is 6. The summed E-state index contributed by atoms with van der Waals surface area (Å²) < 4.78 is 22.3. The normalized spacial score (nSPS) is 21.8. The lowest BCUT2D eigenvalue weighted by atomic mass is 10.0. The van der Waals surface area contributed by atoms with Gasteiger partial charge in [0, 0.05) is 36.3 Å². The first kappa shape index (κ1) is 20.5. The van der Waals surface area contributed by atoms with Crippen molar-refractivity contribution in [1.82, 2.24) is 9.80 Å². The summed E-state index contributed by atoms with van der Waals surface area (Å²) in [5.74, 6) is 2.35. The lowest BCUT2D eigenvalue weighted by Gasteiger charge is -2.44. The van der Waals surface area contributed by atoms with Gasteiger partial charge in [-0.3, -0.25) is 9.59 Å². The predicted molar refractivity (Wildman–Crippen MR) is 116 cm³/mol. The largest absolute Gasteiger partial charge is 0.486 e. The van der Waals surface area contributed by atoms with Crippen LogP contribution in [0.25, 0.3) is 0 Å². The Bertz CT molecular complexity index is 971. The second kappa shape index (κ2) is 8.26. The number of fused-ring (bicyclic) bond motifs is 2. The summed E-state index contributed by atoms with van der Waals surface area (Å²) in [7, 11) is 0. The molecule has 3 aliphatic rings. The molecule has 32 heavy (non-hydrogen) atoms. The van der Waals surface area contributed by atoms with Crippen molar-refractivity contribution >= 4 is 11.8 Å². The molecule has 8 heteroatoms. The number of rotatable bonds is 2. The minimum Gasteiger partial charge on any atom is -0.486 e. The lowest BCUT2D eigenvalue weighted by molar-refractivity contribution is 0.0269. The van der Waals surface area contributed by atoms with Crippen molar-refractivity contribution in [3.05, 3.63) is 47.5 Å². The second-order valence-corrected chi connectivity index (χ2v) is 8.33. The smallest absolute Gasteiger partial charge is 0.254 e. The molecule has 0 radical (unpaired) electrons. The molecular formula is C24H26N2O6. The summed E-state index contributed by atoms with van der Waals surface area (Å²) in [5.41, 5.74) is 1.11. The van der Waals surface area contributed by atoms with Crippen LogP contribution in [0.1, 0.15) is 34.6 Å². The van der Waals surface area contributed by atoms with E-state index in [0.717, 1.165) is 0 Å². The highest BCUT2D eigenvalue weighted by molar-refractivity contribution is 5.97. The minimum atomic E-state index is -0.131. The van der Waals surface area contributed by atoms with Gasteiger partial charge in [-0.15, -0.1) is 0 Å². The van der Waals surface area contributed by atoms with Crippen molar-refractivity contribution in [2.75, 3.05) is 39.5 Å². The van der Waals surface area contributed by atoms with Gasteiger partial charge >= 0.3 is 0 Å². The van der Waals surface area contributed by atoms with Crippen LogP contribution in [0.15, 0.2) is 36.4 Å². The number of piperazine rings is 1. The van der Waals surface area contributed by atoms with Gasteiger partial charge in [-0.1, -0.05) is 0 Å². The maximum absolute atomic E-state index is 13.2. The molecule has 5 rings (SSSR count). The fourth-order valence-electron chi connectivity index (χ4n) is 4.38. The van der Waals surface area contributed by atoms with Crippen molar-refractivity contribution in [2.24, 2.45) is 0 Å². The fraction of sp³-hybridized carbons (Fsp3) is 0.417. The molecule has 2 atom stereocenters. The third-order valence-electron chi connectivity index (χ3n) is 6.09. The Kier molecular flexibility index (Phi) is 5.28. The molecule has 0 bridgehead atoms. The summed E-state index contributed by atoms with van der Waals surface area (Å²) in [6.07, 6.45) is 0. The number of carbonyl (C=O) groups is 2. The van der Waals surface area contributed by atoms with Gasteiger partial charge in [-0.2, -0.15) is 0 Å². The van der Waals surface area contributed by atoms with Crippen LogP contribution in [0.4, 0.5) is 0 Å². The maximum Gasteiger partial charge on any atom is 0.254 e. The summed E-state index contributed by atoms with van der Waals surface area (Å²) >= 11 is 0. The van der Waals surface area contributed by atoms with Crippen LogP contribution in [0.3, 0.4) is 0 Å². The molecule has 0 aromatic heterocycles. The van der Waals surface area contributed by atoms with E-state index in [4.69, 9.17) is 18.9 Å². The number of carbonyl (C=O) groups excluding carboxylic acids is 2. The van der Waals surface area contributed by atoms with Crippen LogP contribution in [0, 0.1) is 0 Å². The highest BCUT2D eigenvalue weighted by Crippen LogP contribution is 2.33. The van der Waals surface area contributed by atoms with Crippen LogP contribution in [0.2, 0.25) is 0 Å². The Morgan fingerprint density at radius 3 is 1.44 bits per heavy atom. The third kappa shape index (κ3) is 3.70. The Labute approximate surface area is 186 Å². The average Bonchev–Trinajstić information content (AvgIpc) is 2.83. The maximum atomic E-state index is 13.2. The van der Waals surface area contributed by atoms with E-state index in [1.54, 1.807) is 36.4 Å². The van der Waals surface area contributed by atoms with E-state index >= 15 is 0 Å². The summed E-state index contributed by atoms with van der Waals surface area (Å²) in [4.78, 5) is 30.1. The number of hydrogen-bond donors (Lipinski definition) is 0. The van der Waals surface area contributed by atoms with Crippen molar-refractivity contribution in [3.8, 4) is 23.0 Å². The molecular weight excluding hydrogens is 412 g/mol. The Hall–Kier alpha value is -3.42. The molecule has 2 aromatic rings. The molecule has 3 aliphatic heterocycles. The molecule has 0 unspecified atom stereocenters. The fourth-order valence-corrected chi connectivity index (χ4v) is 4.38. The standard InChI is InChI=1S/C24H26N2O6/c1-15-13-26(24(28)18-4-6-20-22(12-18)32-10-8-30-20)16(2)14-25(15)23(27)17-3-5-19-21(11-17)31-9-7-29-19/h3-6,11-12,15-16H,7-10,13-14H2,1-2H3/t15-,16-/m1/s1. The van der Waals surface area contributed by atoms with E-state index in [-0.39, 0.29) is 23.9 Å². The van der Waals surface area contributed by atoms with Gasteiger partial charge in [0.05, 0.1) is 0 Å². The van der Waals surface area contributed by atoms with E-state index in [1.165, 1.54) is 0 Å². The number of nitrogens with zero attached hydrogens (tertiary/aromatic N) is 2. The first-order chi connectivity index (χ1) is 15.5. The molecule has 0 spiro atoms. The molecule has 3 heterocycles. The highest BCUT2D eigenvalue weighted by Gasteiger charge is 2.35. The molecule has 0 saturated carbocycles. The molecule has 2 aromatic carbocycles. The van der Waals surface area contributed by atoms with Crippen molar-refractivity contribution in [1.29, 1.82) is 0 Å². The van der Waals surface area contributed by atoms with Gasteiger partial charge in [-0.25, -0.2) is 0 Å². The molecule has 0 N–H and O–H groups in total. The second-order valence-electron chi connectivity index (χ2n) is 8.33. The summed E-state index contributed by atoms with van der Waals surface area (Å²) in [5, 5.41) is 0. The summed E-state index contributed by atoms with van der Waals surface area (Å²) in [6, 6.07) is 10.3. The molecule has 2 amide bonds. The van der Waals surface area contributed by atoms with Gasteiger partial charge in [0.2, 0.25) is 0 Å². The van der Waals surface area contributed by atoms with Gasteiger partial charge in [0.15, 0.2) is 23.0 Å². The number of amides is 2. The van der Waals surface area contributed by atoms with Crippen LogP contribution in [-0.2, 0) is 0 Å². The van der Waals surface area contributed by atoms with E-state index < -0.39 is 0 Å². The molecule has 168 valence electrons. The minimum absolute atomic E-state index is 0.0762. The monoisotopic (exact) mass is 438 g/mol. The van der Waals surface area contributed by atoms with E-state index in [2.05, 4.69) is 0 Å². The quantitative estimate of drug-likeness (QED) is 0.717. The molecule has 8 nitrogen and oxygen atoms in total. The zero-order chi connectivity index (χ0) is 22.2. The zero-order valence-electron chi connectivity index (χ0n) is 18.2. The average molecular weight is 438 g/mol. The first-order valence-corrected chi connectivity index (χ1v) is 10.9. The third-order valence-corrected chi connectivity index (χ3v) is 6.09. The van der Waals surface area contributed by atoms with Crippen molar-refractivity contribution < 1.29 is 28.5 Å². The Morgan fingerprint density at radius 1 is 0.656 bits per heavy atom. The summed E-state index contributed by atoms with van der Waals surface area (Å²) in [6.45, 7) is 6.78. The number of benzene rings is 2. The highest BCUT2D eigenvalue weighted by atomic mass is 16.6. The lowest BCUT2D eigenvalue weighted by Crippen LogP contribution is -2.59. The van der Waals surface area contributed by atoms with E-state index in [1.807, 2.05) is 23.6 Å². The van der Waals surface area contributed by atoms with Crippen LogP contribution >= 0.6 is 0 Å². The SMILES string of the molecule is C[C@@H]1CN(C(=O)c2ccc3c(c2)OCCO3)[C@H](C)CN1C(=O)c1ccc2c(c1)OCCO2. The van der Waals surface area contributed by atoms with E-state index in [9.17, 15) is 9.59 Å².